The monoisotopic (exact) mass is 261 g/mol. The SMILES string of the molecule is Cc1[nH]ncc1CN(C)Cc1cncn1CC(C)C. The Bertz CT molecular complexity index is 511. The lowest BCUT2D eigenvalue weighted by atomic mass is 10.2. The number of aryl methyl sites for hydroxylation is 1. The van der Waals surface area contributed by atoms with Crippen LogP contribution < -0.4 is 0 Å². The van der Waals surface area contributed by atoms with Crippen molar-refractivity contribution in [1.82, 2.24) is 24.6 Å². The number of nitrogens with zero attached hydrogens (tertiary/aromatic N) is 4. The average Bonchev–Trinajstić information content (AvgIpc) is 2.90. The van der Waals surface area contributed by atoms with E-state index in [0.29, 0.717) is 5.92 Å². The first-order valence-corrected chi connectivity index (χ1v) is 6.72. The highest BCUT2D eigenvalue weighted by molar-refractivity contribution is 5.14. The highest BCUT2D eigenvalue weighted by Crippen LogP contribution is 2.11. The second-order valence-electron chi connectivity index (χ2n) is 5.62. The molecule has 5 nitrogen and oxygen atoms in total. The lowest BCUT2D eigenvalue weighted by Crippen LogP contribution is -2.20. The fraction of sp³-hybridized carbons (Fsp3) is 0.571. The van der Waals surface area contributed by atoms with Gasteiger partial charge in [0.1, 0.15) is 0 Å². The number of aromatic amines is 1. The summed E-state index contributed by atoms with van der Waals surface area (Å²) in [6.45, 7) is 9.32. The topological polar surface area (TPSA) is 49.7 Å². The van der Waals surface area contributed by atoms with Gasteiger partial charge in [0.15, 0.2) is 0 Å². The first kappa shape index (κ1) is 13.8. The van der Waals surface area contributed by atoms with Crippen LogP contribution in [0.1, 0.15) is 30.8 Å². The van der Waals surface area contributed by atoms with E-state index in [2.05, 4.69) is 52.5 Å². The molecule has 0 aliphatic heterocycles. The van der Waals surface area contributed by atoms with Crippen molar-refractivity contribution in [3.05, 3.63) is 35.7 Å². The number of aromatic nitrogens is 4. The van der Waals surface area contributed by atoms with Crippen molar-refractivity contribution in [2.24, 2.45) is 5.92 Å². The zero-order valence-electron chi connectivity index (χ0n) is 12.2. The maximum absolute atomic E-state index is 4.26. The molecule has 104 valence electrons. The van der Waals surface area contributed by atoms with Crippen LogP contribution in [0.3, 0.4) is 0 Å². The molecule has 0 amide bonds. The Labute approximate surface area is 114 Å². The largest absolute Gasteiger partial charge is 0.333 e. The summed E-state index contributed by atoms with van der Waals surface area (Å²) in [4.78, 5) is 6.54. The molecule has 0 aliphatic carbocycles. The molecule has 0 spiro atoms. The van der Waals surface area contributed by atoms with Crippen LogP contribution in [0.25, 0.3) is 0 Å². The Morgan fingerprint density at radius 1 is 1.32 bits per heavy atom. The molecule has 0 fully saturated rings. The molecule has 19 heavy (non-hydrogen) atoms. The number of imidazole rings is 1. The van der Waals surface area contributed by atoms with E-state index in [1.165, 1.54) is 11.3 Å². The van der Waals surface area contributed by atoms with Gasteiger partial charge in [0.05, 0.1) is 18.2 Å². The summed E-state index contributed by atoms with van der Waals surface area (Å²) >= 11 is 0. The highest BCUT2D eigenvalue weighted by Gasteiger charge is 2.09. The van der Waals surface area contributed by atoms with E-state index >= 15 is 0 Å². The molecule has 2 heterocycles. The first-order valence-electron chi connectivity index (χ1n) is 6.72. The van der Waals surface area contributed by atoms with Gasteiger partial charge in [-0.2, -0.15) is 5.10 Å². The summed E-state index contributed by atoms with van der Waals surface area (Å²) in [7, 11) is 2.12. The van der Waals surface area contributed by atoms with Gasteiger partial charge in [-0.05, 0) is 19.9 Å². The molecule has 0 bridgehead atoms. The number of nitrogens with one attached hydrogen (secondary N) is 1. The molecule has 2 aromatic heterocycles. The summed E-state index contributed by atoms with van der Waals surface area (Å²) in [5.41, 5.74) is 3.65. The van der Waals surface area contributed by atoms with E-state index in [4.69, 9.17) is 0 Å². The fourth-order valence-electron chi connectivity index (χ4n) is 2.20. The van der Waals surface area contributed by atoms with Crippen LogP contribution in [0.5, 0.6) is 0 Å². The Hall–Kier alpha value is -1.62. The predicted octanol–water partition coefficient (Wildman–Crippen LogP) is 2.20. The van der Waals surface area contributed by atoms with Gasteiger partial charge in [0, 0.05) is 37.1 Å². The van der Waals surface area contributed by atoms with Crippen LogP contribution in [0, 0.1) is 12.8 Å². The highest BCUT2D eigenvalue weighted by atomic mass is 15.2. The van der Waals surface area contributed by atoms with E-state index in [1.807, 2.05) is 18.7 Å². The zero-order valence-corrected chi connectivity index (χ0v) is 12.2. The fourth-order valence-corrected chi connectivity index (χ4v) is 2.20. The smallest absolute Gasteiger partial charge is 0.0948 e. The van der Waals surface area contributed by atoms with Crippen LogP contribution in [0.15, 0.2) is 18.7 Å². The molecule has 0 radical (unpaired) electrons. The Morgan fingerprint density at radius 2 is 2.11 bits per heavy atom. The van der Waals surface area contributed by atoms with Crippen molar-refractivity contribution in [3.63, 3.8) is 0 Å². The average molecular weight is 261 g/mol. The summed E-state index contributed by atoms with van der Waals surface area (Å²) in [5, 5.41) is 7.04. The summed E-state index contributed by atoms with van der Waals surface area (Å²) < 4.78 is 2.24. The van der Waals surface area contributed by atoms with Crippen molar-refractivity contribution in [1.29, 1.82) is 0 Å². The Balaban J connectivity index is 1.97. The molecule has 0 atom stereocenters. The molecule has 2 rings (SSSR count). The molecule has 0 aromatic carbocycles. The van der Waals surface area contributed by atoms with Crippen LogP contribution in [0.4, 0.5) is 0 Å². The van der Waals surface area contributed by atoms with E-state index in [1.54, 1.807) is 0 Å². The molecule has 2 aromatic rings. The molecule has 0 aliphatic rings. The normalized spacial score (nSPS) is 11.7. The lowest BCUT2D eigenvalue weighted by molar-refractivity contribution is 0.306. The quantitative estimate of drug-likeness (QED) is 0.867. The van der Waals surface area contributed by atoms with Crippen molar-refractivity contribution >= 4 is 0 Å². The van der Waals surface area contributed by atoms with E-state index in [9.17, 15) is 0 Å². The van der Waals surface area contributed by atoms with Crippen molar-refractivity contribution in [2.45, 2.75) is 40.4 Å². The number of H-pyrrole nitrogens is 1. The molecular formula is C14H23N5. The summed E-state index contributed by atoms with van der Waals surface area (Å²) in [5.74, 6) is 0.634. The molecule has 1 N–H and O–H groups in total. The predicted molar refractivity (Wildman–Crippen MR) is 75.6 cm³/mol. The van der Waals surface area contributed by atoms with Gasteiger partial charge in [-0.3, -0.25) is 10.00 Å². The number of rotatable bonds is 6. The van der Waals surface area contributed by atoms with Crippen LogP contribution >= 0.6 is 0 Å². The lowest BCUT2D eigenvalue weighted by Gasteiger charge is -2.18. The molecular weight excluding hydrogens is 238 g/mol. The van der Waals surface area contributed by atoms with Crippen LogP contribution in [-0.2, 0) is 19.6 Å². The van der Waals surface area contributed by atoms with Gasteiger partial charge < -0.3 is 4.57 Å². The number of hydrogen-bond acceptors (Lipinski definition) is 3. The summed E-state index contributed by atoms with van der Waals surface area (Å²) in [6.07, 6.45) is 5.78. The maximum atomic E-state index is 4.26. The standard InChI is InChI=1S/C14H23N5/c1-11(2)7-19-10-15-6-14(19)9-18(4)8-13-5-16-17-12(13)3/h5-6,10-11H,7-9H2,1-4H3,(H,16,17). The minimum atomic E-state index is 0.634. The molecule has 0 saturated heterocycles. The van der Waals surface area contributed by atoms with Gasteiger partial charge in [0.25, 0.3) is 0 Å². The Morgan fingerprint density at radius 3 is 2.74 bits per heavy atom. The van der Waals surface area contributed by atoms with Crippen LogP contribution in [0.2, 0.25) is 0 Å². The second-order valence-corrected chi connectivity index (χ2v) is 5.62. The maximum Gasteiger partial charge on any atom is 0.0948 e. The van der Waals surface area contributed by atoms with Gasteiger partial charge in [-0.25, -0.2) is 4.98 Å². The Kier molecular flexibility index (Phi) is 4.37. The van der Waals surface area contributed by atoms with Gasteiger partial charge in [-0.15, -0.1) is 0 Å². The van der Waals surface area contributed by atoms with Crippen molar-refractivity contribution < 1.29 is 0 Å². The zero-order chi connectivity index (χ0) is 13.8. The molecule has 0 unspecified atom stereocenters. The van der Waals surface area contributed by atoms with E-state index < -0.39 is 0 Å². The third-order valence-electron chi connectivity index (χ3n) is 3.17. The van der Waals surface area contributed by atoms with Gasteiger partial charge in [-0.1, -0.05) is 13.8 Å². The minimum absolute atomic E-state index is 0.634. The second kappa shape index (κ2) is 6.02. The molecule has 0 saturated carbocycles. The van der Waals surface area contributed by atoms with Crippen molar-refractivity contribution in [3.8, 4) is 0 Å². The minimum Gasteiger partial charge on any atom is -0.333 e. The first-order chi connectivity index (χ1) is 9.06. The van der Waals surface area contributed by atoms with Crippen LogP contribution in [-0.4, -0.2) is 31.7 Å². The third-order valence-corrected chi connectivity index (χ3v) is 3.17. The van der Waals surface area contributed by atoms with Crippen molar-refractivity contribution in [2.75, 3.05) is 7.05 Å². The third kappa shape index (κ3) is 3.67. The van der Waals surface area contributed by atoms with E-state index in [0.717, 1.165) is 25.3 Å². The summed E-state index contributed by atoms with van der Waals surface area (Å²) in [6, 6.07) is 0. The van der Waals surface area contributed by atoms with E-state index in [-0.39, 0.29) is 0 Å². The van der Waals surface area contributed by atoms with Gasteiger partial charge in [0.2, 0.25) is 0 Å². The van der Waals surface area contributed by atoms with Gasteiger partial charge >= 0.3 is 0 Å². The number of hydrogen-bond donors (Lipinski definition) is 1. The molecule has 5 heteroatoms.